The van der Waals surface area contributed by atoms with Crippen LogP contribution in [0.5, 0.6) is 0 Å². The number of thioether (sulfide) groups is 1. The number of amides is 5. The van der Waals surface area contributed by atoms with Crippen molar-refractivity contribution in [3.63, 3.8) is 0 Å². The van der Waals surface area contributed by atoms with Crippen LogP contribution >= 0.6 is 33.3 Å². The van der Waals surface area contributed by atoms with Gasteiger partial charge in [-0.15, -0.1) is 0 Å². The van der Waals surface area contributed by atoms with Gasteiger partial charge in [0.25, 0.3) is 0 Å². The fourth-order valence-corrected chi connectivity index (χ4v) is 7.86. The van der Waals surface area contributed by atoms with Gasteiger partial charge < -0.3 is 40.8 Å². The molecule has 256 valence electrons. The van der Waals surface area contributed by atoms with Crippen molar-refractivity contribution in [1.82, 2.24) is 26.6 Å². The number of rotatable bonds is 28. The van der Waals surface area contributed by atoms with Crippen LogP contribution in [0.3, 0.4) is 0 Å². The van der Waals surface area contributed by atoms with E-state index in [4.69, 9.17) is 19.7 Å². The molecule has 45 heavy (non-hydrogen) atoms. The van der Waals surface area contributed by atoms with Gasteiger partial charge in [-0.25, -0.2) is 4.79 Å². The van der Waals surface area contributed by atoms with Crippen molar-refractivity contribution in [1.29, 1.82) is 0 Å². The second-order valence-electron chi connectivity index (χ2n) is 10.2. The summed E-state index contributed by atoms with van der Waals surface area (Å²) in [5.41, 5.74) is 8.19. The Morgan fingerprint density at radius 3 is 2.29 bits per heavy atom. The highest BCUT2D eigenvalue weighted by Crippen LogP contribution is 2.33. The third kappa shape index (κ3) is 19.9. The molecule has 2 aliphatic heterocycles. The summed E-state index contributed by atoms with van der Waals surface area (Å²) in [7, 11) is 3.20. The Morgan fingerprint density at radius 2 is 1.49 bits per heavy atom. The van der Waals surface area contributed by atoms with Crippen molar-refractivity contribution in [2.24, 2.45) is 5.11 Å². The Kier molecular flexibility index (Phi) is 22.6. The standard InChI is InChI=1S/C27H48N8O7S3/c28-35-32-9-3-8-29-25(38)7-18-44-45-19-11-31-24(37)6-12-40-14-16-42-17-15-41-13-10-30-23(36)5-2-1-4-22-26-21(20-43-22)33-27(39)34-26/h21-22,26H,1-20H2,(H,29,38)(H,30,36)(H,31,37)(H2,33,34,39)/t21-,22-,26-/m1/s1. The molecule has 0 aliphatic carbocycles. The largest absolute Gasteiger partial charge is 0.379 e. The van der Waals surface area contributed by atoms with Crippen molar-refractivity contribution in [2.75, 3.05) is 83.1 Å². The normalized spacial score (nSPS) is 18.4. The van der Waals surface area contributed by atoms with Gasteiger partial charge in [0, 0.05) is 72.9 Å². The molecule has 15 nitrogen and oxygen atoms in total. The van der Waals surface area contributed by atoms with Crippen LogP contribution in [0.2, 0.25) is 0 Å². The van der Waals surface area contributed by atoms with Crippen LogP contribution in [0.15, 0.2) is 5.11 Å². The molecule has 18 heteroatoms. The Labute approximate surface area is 277 Å². The average Bonchev–Trinajstić information content (AvgIpc) is 3.58. The minimum atomic E-state index is -0.0685. The zero-order valence-electron chi connectivity index (χ0n) is 25.8. The Balaban J connectivity index is 1.24. The number of ether oxygens (including phenoxy) is 3. The predicted octanol–water partition coefficient (Wildman–Crippen LogP) is 1.97. The van der Waals surface area contributed by atoms with Crippen molar-refractivity contribution in [3.8, 4) is 0 Å². The SMILES string of the molecule is [N-]=[N+]=NCCCNC(=O)CCSSCCNC(=O)CCOCCOCCOCCNC(=O)CCCC[C@H]1SC[C@H]2NC(=O)N[C@H]21. The van der Waals surface area contributed by atoms with E-state index in [9.17, 15) is 19.2 Å². The van der Waals surface area contributed by atoms with E-state index in [1.807, 2.05) is 11.8 Å². The van der Waals surface area contributed by atoms with Gasteiger partial charge in [-0.2, -0.15) is 11.8 Å². The molecule has 0 saturated carbocycles. The third-order valence-electron chi connectivity index (χ3n) is 6.69. The molecule has 2 saturated heterocycles. The van der Waals surface area contributed by atoms with Crippen LogP contribution in [0.25, 0.3) is 10.4 Å². The van der Waals surface area contributed by atoms with Crippen LogP contribution in [0.1, 0.15) is 44.9 Å². The predicted molar refractivity (Wildman–Crippen MR) is 178 cm³/mol. The van der Waals surface area contributed by atoms with Gasteiger partial charge in [-0.3, -0.25) is 14.4 Å². The Morgan fingerprint density at radius 1 is 0.822 bits per heavy atom. The van der Waals surface area contributed by atoms with Crippen LogP contribution < -0.4 is 26.6 Å². The second-order valence-corrected chi connectivity index (χ2v) is 14.2. The number of fused-ring (bicyclic) bond motifs is 1. The molecule has 2 aliphatic rings. The number of unbranched alkanes of at least 4 members (excludes halogenated alkanes) is 1. The minimum Gasteiger partial charge on any atom is -0.379 e. The second kappa shape index (κ2) is 26.0. The van der Waals surface area contributed by atoms with E-state index in [-0.39, 0.29) is 42.3 Å². The summed E-state index contributed by atoms with van der Waals surface area (Å²) in [6, 6.07) is 0.383. The molecule has 0 unspecified atom stereocenters. The van der Waals surface area contributed by atoms with E-state index >= 15 is 0 Å². The summed E-state index contributed by atoms with van der Waals surface area (Å²) in [5.74, 6) is 2.32. The lowest BCUT2D eigenvalue weighted by Crippen LogP contribution is -2.36. The zero-order chi connectivity index (χ0) is 32.4. The highest BCUT2D eigenvalue weighted by Gasteiger charge is 2.42. The molecule has 0 aromatic heterocycles. The van der Waals surface area contributed by atoms with Crippen molar-refractivity contribution in [3.05, 3.63) is 10.4 Å². The number of hydrogen-bond donors (Lipinski definition) is 5. The van der Waals surface area contributed by atoms with Gasteiger partial charge in [-0.1, -0.05) is 33.1 Å². The summed E-state index contributed by atoms with van der Waals surface area (Å²) in [5, 5.41) is 18.3. The first-order chi connectivity index (χ1) is 22.0. The Bertz CT molecular complexity index is 933. The quantitative estimate of drug-likeness (QED) is 0.0201. The number of carbonyl (C=O) groups is 4. The molecule has 0 spiro atoms. The average molecular weight is 693 g/mol. The lowest BCUT2D eigenvalue weighted by atomic mass is 10.0. The summed E-state index contributed by atoms with van der Waals surface area (Å²) >= 11 is 1.89. The monoisotopic (exact) mass is 692 g/mol. The molecule has 2 rings (SSSR count). The molecule has 0 aromatic rings. The third-order valence-corrected chi connectivity index (χ3v) is 10.6. The summed E-state index contributed by atoms with van der Waals surface area (Å²) in [6.07, 6.45) is 4.62. The molecular formula is C27H48N8O7S3. The summed E-state index contributed by atoms with van der Waals surface area (Å²) in [4.78, 5) is 49.6. The molecule has 5 N–H and O–H groups in total. The van der Waals surface area contributed by atoms with Gasteiger partial charge in [0.1, 0.15) is 0 Å². The lowest BCUT2D eigenvalue weighted by molar-refractivity contribution is -0.122. The molecule has 5 amide bonds. The zero-order valence-corrected chi connectivity index (χ0v) is 28.2. The van der Waals surface area contributed by atoms with E-state index in [2.05, 4.69) is 36.6 Å². The van der Waals surface area contributed by atoms with Crippen molar-refractivity contribution < 1.29 is 33.4 Å². The number of urea groups is 1. The molecular weight excluding hydrogens is 645 g/mol. The van der Waals surface area contributed by atoms with Gasteiger partial charge in [-0.05, 0) is 24.8 Å². The van der Waals surface area contributed by atoms with Crippen LogP contribution in [0, 0.1) is 0 Å². The van der Waals surface area contributed by atoms with E-state index in [1.165, 1.54) is 0 Å². The molecule has 3 atom stereocenters. The van der Waals surface area contributed by atoms with Crippen LogP contribution in [-0.4, -0.2) is 124 Å². The summed E-state index contributed by atoms with van der Waals surface area (Å²) in [6.45, 7) is 4.29. The van der Waals surface area contributed by atoms with Gasteiger partial charge in [0.15, 0.2) is 0 Å². The number of hydrogen-bond acceptors (Lipinski definition) is 11. The van der Waals surface area contributed by atoms with E-state index in [1.54, 1.807) is 21.6 Å². The van der Waals surface area contributed by atoms with Crippen LogP contribution in [-0.2, 0) is 28.6 Å². The fourth-order valence-electron chi connectivity index (χ4n) is 4.42. The maximum atomic E-state index is 12.0. The molecule has 0 radical (unpaired) electrons. The van der Waals surface area contributed by atoms with E-state index in [0.29, 0.717) is 96.1 Å². The van der Waals surface area contributed by atoms with Crippen molar-refractivity contribution in [2.45, 2.75) is 62.3 Å². The maximum Gasteiger partial charge on any atom is 0.315 e. The number of azide groups is 1. The number of nitrogens with zero attached hydrogens (tertiary/aromatic N) is 3. The van der Waals surface area contributed by atoms with Gasteiger partial charge in [0.05, 0.1) is 51.7 Å². The first-order valence-electron chi connectivity index (χ1n) is 15.5. The molecule has 2 fully saturated rings. The topological polar surface area (TPSA) is 205 Å². The first-order valence-corrected chi connectivity index (χ1v) is 19.0. The highest BCUT2D eigenvalue weighted by molar-refractivity contribution is 8.76. The maximum absolute atomic E-state index is 12.0. The molecule has 2 heterocycles. The van der Waals surface area contributed by atoms with Gasteiger partial charge in [0.2, 0.25) is 17.7 Å². The number of carbonyl (C=O) groups excluding carboxylic acids is 4. The Hall–Kier alpha value is -2.08. The van der Waals surface area contributed by atoms with Crippen LogP contribution in [0.4, 0.5) is 4.79 Å². The summed E-state index contributed by atoms with van der Waals surface area (Å²) < 4.78 is 16.4. The minimum absolute atomic E-state index is 0.0232. The van der Waals surface area contributed by atoms with Gasteiger partial charge >= 0.3 is 6.03 Å². The molecule has 0 aromatic carbocycles. The lowest BCUT2D eigenvalue weighted by Gasteiger charge is -2.16. The smallest absolute Gasteiger partial charge is 0.315 e. The highest BCUT2D eigenvalue weighted by atomic mass is 33.1. The van der Waals surface area contributed by atoms with E-state index < -0.39 is 0 Å². The van der Waals surface area contributed by atoms with E-state index in [0.717, 1.165) is 30.8 Å². The first kappa shape index (κ1) is 39.1. The fraction of sp³-hybridized carbons (Fsp3) is 0.852. The number of nitrogens with one attached hydrogen (secondary N) is 5. The molecule has 0 bridgehead atoms. The van der Waals surface area contributed by atoms with Crippen molar-refractivity contribution >= 4 is 57.1 Å².